The van der Waals surface area contributed by atoms with E-state index in [4.69, 9.17) is 28.1 Å². The van der Waals surface area contributed by atoms with E-state index in [0.717, 1.165) is 5.56 Å². The summed E-state index contributed by atoms with van der Waals surface area (Å²) in [5.74, 6) is -4.62. The van der Waals surface area contributed by atoms with Gasteiger partial charge < -0.3 is 33.2 Å². The third kappa shape index (κ3) is 5.74. The van der Waals surface area contributed by atoms with Crippen LogP contribution in [0.4, 0.5) is 0 Å². The van der Waals surface area contributed by atoms with Gasteiger partial charge in [0.05, 0.1) is 37.8 Å². The van der Waals surface area contributed by atoms with Crippen molar-refractivity contribution in [3.63, 3.8) is 0 Å². The molecule has 2 heterocycles. The number of carbonyl (C=O) groups is 5. The van der Waals surface area contributed by atoms with Gasteiger partial charge in [-0.3, -0.25) is 19.2 Å². The van der Waals surface area contributed by atoms with Crippen LogP contribution in [-0.2, 0) is 47.7 Å². The van der Waals surface area contributed by atoms with Crippen molar-refractivity contribution >= 4 is 30.2 Å². The summed E-state index contributed by atoms with van der Waals surface area (Å²) in [6.45, 7) is 15.1. The van der Waals surface area contributed by atoms with Crippen molar-refractivity contribution in [2.45, 2.75) is 103 Å². The monoisotopic (exact) mass is 684 g/mol. The molecule has 1 aromatic heterocycles. The van der Waals surface area contributed by atoms with Crippen molar-refractivity contribution in [1.29, 1.82) is 0 Å². The van der Waals surface area contributed by atoms with Crippen LogP contribution in [0.3, 0.4) is 0 Å². The standard InChI is InChI=1S/C37H48O12/c1-9-20(2)30(42)33(43)48-32-31(47-19-38)29(21(3)37-27(49-37)14-25(36(32,37)7)23-11-13-45-17-23)35(6)12-10-24(40)16-34(5,18-46-22(4)39)26(35)15-28(41)44-8/h10-13,17,19-20,25-27,29-32,42H,3,9,14-16,18H2,1-2,4-8H3. The zero-order valence-corrected chi connectivity index (χ0v) is 29.3. The number of ketones is 1. The van der Waals surface area contributed by atoms with Crippen LogP contribution in [0.2, 0.25) is 0 Å². The van der Waals surface area contributed by atoms with Gasteiger partial charge in [0.1, 0.15) is 17.8 Å². The molecule has 1 N–H and O–H groups in total. The minimum absolute atomic E-state index is 0.0590. The van der Waals surface area contributed by atoms with Crippen LogP contribution in [0.5, 0.6) is 0 Å². The highest BCUT2D eigenvalue weighted by molar-refractivity contribution is 5.91. The maximum atomic E-state index is 13.8. The molecule has 1 aromatic rings. The Labute approximate surface area is 286 Å². The Bertz CT molecular complexity index is 1510. The molecule has 12 atom stereocenters. The number of rotatable bonds is 12. The topological polar surface area (TPSA) is 168 Å². The van der Waals surface area contributed by atoms with E-state index in [-0.39, 0.29) is 43.7 Å². The van der Waals surface area contributed by atoms with Crippen molar-refractivity contribution in [3.8, 4) is 0 Å². The second kappa shape index (κ2) is 13.2. The molecule has 1 spiro atoms. The predicted octanol–water partition coefficient (Wildman–Crippen LogP) is 4.24. The van der Waals surface area contributed by atoms with Gasteiger partial charge in [-0.15, -0.1) is 0 Å². The molecule has 2 saturated carbocycles. The Morgan fingerprint density at radius 2 is 1.94 bits per heavy atom. The first kappa shape index (κ1) is 36.5. The van der Waals surface area contributed by atoms with E-state index in [1.807, 2.05) is 26.8 Å². The van der Waals surface area contributed by atoms with Gasteiger partial charge in [-0.1, -0.05) is 53.7 Å². The molecular weight excluding hydrogens is 636 g/mol. The molecule has 3 fully saturated rings. The van der Waals surface area contributed by atoms with E-state index in [1.165, 1.54) is 20.1 Å². The fourth-order valence-corrected chi connectivity index (χ4v) is 9.49. The first-order valence-corrected chi connectivity index (χ1v) is 16.8. The van der Waals surface area contributed by atoms with Crippen LogP contribution in [0.1, 0.15) is 78.7 Å². The smallest absolute Gasteiger partial charge is 0.335 e. The van der Waals surface area contributed by atoms with Gasteiger partial charge in [0.25, 0.3) is 6.47 Å². The molecular formula is C37H48O12. The molecule has 268 valence electrons. The maximum absolute atomic E-state index is 13.8. The van der Waals surface area contributed by atoms with Crippen molar-refractivity contribution in [2.24, 2.45) is 34.0 Å². The van der Waals surface area contributed by atoms with Crippen molar-refractivity contribution < 1.29 is 57.2 Å². The largest absolute Gasteiger partial charge is 0.472 e. The second-order valence-corrected chi connectivity index (χ2v) is 15.0. The second-order valence-electron chi connectivity index (χ2n) is 15.0. The molecule has 1 aliphatic heterocycles. The third-order valence-corrected chi connectivity index (χ3v) is 12.3. The summed E-state index contributed by atoms with van der Waals surface area (Å²) in [7, 11) is 1.26. The van der Waals surface area contributed by atoms with Crippen LogP contribution in [0.25, 0.3) is 0 Å². The highest BCUT2D eigenvalue weighted by atomic mass is 16.6. The van der Waals surface area contributed by atoms with Crippen molar-refractivity contribution in [2.75, 3.05) is 13.7 Å². The Morgan fingerprint density at radius 3 is 2.53 bits per heavy atom. The van der Waals surface area contributed by atoms with Crippen LogP contribution in [0, 0.1) is 34.0 Å². The van der Waals surface area contributed by atoms with Gasteiger partial charge in [-0.05, 0) is 41.5 Å². The van der Waals surface area contributed by atoms with E-state index in [0.29, 0.717) is 18.4 Å². The van der Waals surface area contributed by atoms with Gasteiger partial charge in [-0.25, -0.2) is 4.79 Å². The van der Waals surface area contributed by atoms with E-state index in [9.17, 15) is 29.1 Å². The zero-order valence-electron chi connectivity index (χ0n) is 29.3. The molecule has 4 aliphatic rings. The number of ether oxygens (including phenoxy) is 5. The molecule has 12 unspecified atom stereocenters. The Kier molecular flexibility index (Phi) is 9.81. The number of hydrogen-bond donors (Lipinski definition) is 1. The third-order valence-electron chi connectivity index (χ3n) is 12.3. The van der Waals surface area contributed by atoms with E-state index in [1.54, 1.807) is 32.4 Å². The van der Waals surface area contributed by atoms with Gasteiger partial charge in [0.15, 0.2) is 11.9 Å². The SMILES string of the molecule is C=C1C(C2(C)C=CC(=O)CC(C)(COC(C)=O)C2CC(=O)OC)C(OC=O)C(OC(=O)C(O)C(C)CC)C2(C)C(c3ccoc3)CC3OC132. The Balaban J connectivity index is 1.73. The fourth-order valence-electron chi connectivity index (χ4n) is 9.49. The maximum Gasteiger partial charge on any atom is 0.335 e. The molecule has 0 aromatic carbocycles. The number of furan rings is 1. The number of esters is 3. The number of aliphatic hydroxyl groups excluding tert-OH is 1. The lowest BCUT2D eigenvalue weighted by Crippen LogP contribution is -2.66. The number of aliphatic hydroxyl groups is 1. The summed E-state index contributed by atoms with van der Waals surface area (Å²) >= 11 is 0. The summed E-state index contributed by atoms with van der Waals surface area (Å²) in [4.78, 5) is 64.8. The van der Waals surface area contributed by atoms with Crippen molar-refractivity contribution in [3.05, 3.63) is 48.5 Å². The lowest BCUT2D eigenvalue weighted by atomic mass is 9.47. The first-order valence-electron chi connectivity index (χ1n) is 16.8. The molecule has 1 saturated heterocycles. The number of methoxy groups -OCH3 is 1. The number of hydrogen-bond acceptors (Lipinski definition) is 12. The zero-order chi connectivity index (χ0) is 36.1. The molecule has 0 amide bonds. The number of allylic oxidation sites excluding steroid dienone is 2. The molecule has 0 bridgehead atoms. The lowest BCUT2D eigenvalue weighted by molar-refractivity contribution is -0.210. The average molecular weight is 685 g/mol. The summed E-state index contributed by atoms with van der Waals surface area (Å²) in [5, 5.41) is 11.0. The predicted molar refractivity (Wildman–Crippen MR) is 172 cm³/mol. The summed E-state index contributed by atoms with van der Waals surface area (Å²) in [6.07, 6.45) is 2.87. The highest BCUT2D eigenvalue weighted by Crippen LogP contribution is 2.76. The number of carbonyl (C=O) groups excluding carboxylic acids is 5. The lowest BCUT2D eigenvalue weighted by Gasteiger charge is -2.59. The molecule has 5 rings (SSSR count). The van der Waals surface area contributed by atoms with Crippen molar-refractivity contribution in [1.82, 2.24) is 0 Å². The van der Waals surface area contributed by atoms with E-state index in [2.05, 4.69) is 6.58 Å². The van der Waals surface area contributed by atoms with E-state index < -0.39 is 75.8 Å². The minimum Gasteiger partial charge on any atom is -0.472 e. The normalized spacial score (nSPS) is 39.1. The van der Waals surface area contributed by atoms with Crippen LogP contribution in [-0.4, -0.2) is 79.0 Å². The minimum atomic E-state index is -1.46. The summed E-state index contributed by atoms with van der Waals surface area (Å²) in [6, 6.07) is 1.83. The van der Waals surface area contributed by atoms with Crippen LogP contribution in [0.15, 0.2) is 47.3 Å². The molecule has 49 heavy (non-hydrogen) atoms. The van der Waals surface area contributed by atoms with Gasteiger partial charge >= 0.3 is 17.9 Å². The highest BCUT2D eigenvalue weighted by Gasteiger charge is 2.84. The molecule has 0 radical (unpaired) electrons. The fraction of sp³-hybridized carbons (Fsp3) is 0.649. The number of epoxide rings is 1. The summed E-state index contributed by atoms with van der Waals surface area (Å²) in [5.41, 5.74) is -3.07. The Morgan fingerprint density at radius 1 is 1.22 bits per heavy atom. The molecule has 12 heteroatoms. The first-order chi connectivity index (χ1) is 23.0. The van der Waals surface area contributed by atoms with Gasteiger partial charge in [-0.2, -0.15) is 0 Å². The van der Waals surface area contributed by atoms with Crippen LogP contribution >= 0.6 is 0 Å². The summed E-state index contributed by atoms with van der Waals surface area (Å²) < 4.78 is 35.0. The molecule has 3 aliphatic carbocycles. The molecule has 12 nitrogen and oxygen atoms in total. The van der Waals surface area contributed by atoms with Gasteiger partial charge in [0, 0.05) is 42.4 Å². The Hall–Kier alpha value is -3.77. The quantitative estimate of drug-likeness (QED) is 0.109. The van der Waals surface area contributed by atoms with Crippen LogP contribution < -0.4 is 0 Å². The van der Waals surface area contributed by atoms with Gasteiger partial charge in [0.2, 0.25) is 0 Å². The average Bonchev–Trinajstić information content (AvgIpc) is 3.44. The van der Waals surface area contributed by atoms with E-state index >= 15 is 0 Å².